The SMILES string of the molecule is NC(=O)Cn1cc(NC(=O)[C@@H]2CC(=O)N(c3ccc(F)cc3)C2)cn1. The molecule has 130 valence electrons. The van der Waals surface area contributed by atoms with E-state index in [2.05, 4.69) is 10.4 Å². The van der Waals surface area contributed by atoms with Crippen molar-refractivity contribution in [1.82, 2.24) is 9.78 Å². The average molecular weight is 345 g/mol. The summed E-state index contributed by atoms with van der Waals surface area (Å²) in [6.45, 7) is 0.127. The highest BCUT2D eigenvalue weighted by atomic mass is 19.1. The van der Waals surface area contributed by atoms with Crippen LogP contribution in [0.25, 0.3) is 0 Å². The van der Waals surface area contributed by atoms with Gasteiger partial charge < -0.3 is 16.0 Å². The van der Waals surface area contributed by atoms with Crippen molar-refractivity contribution in [3.05, 3.63) is 42.5 Å². The number of benzene rings is 1. The van der Waals surface area contributed by atoms with Crippen molar-refractivity contribution in [2.24, 2.45) is 11.7 Å². The highest BCUT2D eigenvalue weighted by Gasteiger charge is 2.35. The molecule has 0 aliphatic carbocycles. The van der Waals surface area contributed by atoms with Crippen LogP contribution in [0.3, 0.4) is 0 Å². The number of hydrogen-bond acceptors (Lipinski definition) is 4. The lowest BCUT2D eigenvalue weighted by Gasteiger charge is -2.16. The van der Waals surface area contributed by atoms with Gasteiger partial charge in [0.05, 0.1) is 17.8 Å². The second kappa shape index (κ2) is 6.71. The zero-order valence-electron chi connectivity index (χ0n) is 13.2. The number of amides is 3. The summed E-state index contributed by atoms with van der Waals surface area (Å²) in [4.78, 5) is 36.8. The van der Waals surface area contributed by atoms with Crippen LogP contribution in [0.1, 0.15) is 6.42 Å². The van der Waals surface area contributed by atoms with Crippen LogP contribution in [0.5, 0.6) is 0 Å². The van der Waals surface area contributed by atoms with Gasteiger partial charge in [-0.3, -0.25) is 19.1 Å². The molecular weight excluding hydrogens is 329 g/mol. The van der Waals surface area contributed by atoms with Gasteiger partial charge in [-0.1, -0.05) is 0 Å². The maximum Gasteiger partial charge on any atom is 0.239 e. The third-order valence-corrected chi connectivity index (χ3v) is 3.85. The Hall–Kier alpha value is -3.23. The summed E-state index contributed by atoms with van der Waals surface area (Å²) in [5, 5.41) is 6.58. The Morgan fingerprint density at radius 3 is 2.72 bits per heavy atom. The molecule has 1 atom stereocenters. The predicted octanol–water partition coefficient (Wildman–Crippen LogP) is 0.499. The molecule has 0 saturated carbocycles. The zero-order valence-corrected chi connectivity index (χ0v) is 13.2. The standard InChI is InChI=1S/C16H16FN5O3/c17-11-1-3-13(4-2-11)22-7-10(5-15(22)24)16(25)20-12-6-19-21(8-12)9-14(18)23/h1-4,6,8,10H,5,7,9H2,(H2,18,23)(H,20,25)/t10-/m1/s1. The largest absolute Gasteiger partial charge is 0.368 e. The summed E-state index contributed by atoms with van der Waals surface area (Å²) in [6.07, 6.45) is 2.95. The van der Waals surface area contributed by atoms with Crippen LogP contribution in [-0.2, 0) is 20.9 Å². The van der Waals surface area contributed by atoms with Crippen LogP contribution in [-0.4, -0.2) is 34.0 Å². The summed E-state index contributed by atoms with van der Waals surface area (Å²) < 4.78 is 14.3. The maximum atomic E-state index is 13.0. The van der Waals surface area contributed by atoms with Crippen LogP contribution in [0.4, 0.5) is 15.8 Å². The summed E-state index contributed by atoms with van der Waals surface area (Å²) in [5.41, 5.74) is 6.04. The number of anilines is 2. The van der Waals surface area contributed by atoms with E-state index >= 15 is 0 Å². The molecule has 3 N–H and O–H groups in total. The van der Waals surface area contributed by atoms with Gasteiger partial charge in [-0.2, -0.15) is 5.10 Å². The quantitative estimate of drug-likeness (QED) is 0.822. The Kier molecular flexibility index (Phi) is 4.46. The number of nitrogens with zero attached hydrogens (tertiary/aromatic N) is 3. The van der Waals surface area contributed by atoms with Gasteiger partial charge in [0.2, 0.25) is 17.7 Å². The highest BCUT2D eigenvalue weighted by molar-refractivity contribution is 6.03. The van der Waals surface area contributed by atoms with Gasteiger partial charge in [-0.05, 0) is 24.3 Å². The second-order valence-corrected chi connectivity index (χ2v) is 5.76. The molecule has 25 heavy (non-hydrogen) atoms. The molecule has 0 spiro atoms. The van der Waals surface area contributed by atoms with E-state index in [4.69, 9.17) is 5.73 Å². The number of halogens is 1. The molecule has 3 rings (SSSR count). The lowest BCUT2D eigenvalue weighted by atomic mass is 10.1. The minimum absolute atomic E-state index is 0.0681. The van der Waals surface area contributed by atoms with Gasteiger partial charge in [-0.25, -0.2) is 4.39 Å². The van der Waals surface area contributed by atoms with Crippen LogP contribution >= 0.6 is 0 Å². The number of nitrogens with one attached hydrogen (secondary N) is 1. The topological polar surface area (TPSA) is 110 Å². The minimum atomic E-state index is -0.544. The molecule has 2 aromatic rings. The van der Waals surface area contributed by atoms with Gasteiger partial charge in [0.25, 0.3) is 0 Å². The van der Waals surface area contributed by atoms with Crippen molar-refractivity contribution in [2.75, 3.05) is 16.8 Å². The molecule has 0 radical (unpaired) electrons. The molecule has 0 bridgehead atoms. The van der Waals surface area contributed by atoms with Crippen molar-refractivity contribution >= 4 is 29.1 Å². The molecule has 2 heterocycles. The smallest absolute Gasteiger partial charge is 0.239 e. The van der Waals surface area contributed by atoms with Crippen molar-refractivity contribution < 1.29 is 18.8 Å². The van der Waals surface area contributed by atoms with E-state index in [0.29, 0.717) is 11.4 Å². The molecule has 3 amide bonds. The van der Waals surface area contributed by atoms with Crippen molar-refractivity contribution in [1.29, 1.82) is 0 Å². The van der Waals surface area contributed by atoms with E-state index in [1.807, 2.05) is 0 Å². The van der Waals surface area contributed by atoms with Gasteiger partial charge >= 0.3 is 0 Å². The summed E-state index contributed by atoms with van der Waals surface area (Å²) in [5.74, 6) is -1.99. The van der Waals surface area contributed by atoms with E-state index in [0.717, 1.165) is 0 Å². The fraction of sp³-hybridized carbons (Fsp3) is 0.250. The number of primary amides is 1. The first kappa shape index (κ1) is 16.6. The third kappa shape index (κ3) is 3.82. The molecule has 1 fully saturated rings. The Morgan fingerprint density at radius 2 is 2.04 bits per heavy atom. The lowest BCUT2D eigenvalue weighted by Crippen LogP contribution is -2.28. The molecular formula is C16H16FN5O3. The Balaban J connectivity index is 1.63. The van der Waals surface area contributed by atoms with Crippen molar-refractivity contribution in [3.63, 3.8) is 0 Å². The van der Waals surface area contributed by atoms with Crippen LogP contribution < -0.4 is 16.0 Å². The van der Waals surface area contributed by atoms with Gasteiger partial charge in [0, 0.05) is 24.8 Å². The lowest BCUT2D eigenvalue weighted by molar-refractivity contribution is -0.122. The molecule has 1 aliphatic heterocycles. The van der Waals surface area contributed by atoms with Crippen LogP contribution in [0.2, 0.25) is 0 Å². The molecule has 9 heteroatoms. The number of nitrogens with two attached hydrogens (primary N) is 1. The molecule has 1 aliphatic rings. The fourth-order valence-electron chi connectivity index (χ4n) is 2.67. The fourth-order valence-corrected chi connectivity index (χ4v) is 2.67. The molecule has 8 nitrogen and oxygen atoms in total. The average Bonchev–Trinajstić information content (AvgIpc) is 3.14. The number of carbonyl (C=O) groups excluding carboxylic acids is 3. The zero-order chi connectivity index (χ0) is 18.0. The van der Waals surface area contributed by atoms with Crippen LogP contribution in [0.15, 0.2) is 36.7 Å². The maximum absolute atomic E-state index is 13.0. The summed E-state index contributed by atoms with van der Waals surface area (Å²) in [6, 6.07) is 5.54. The van der Waals surface area contributed by atoms with Gasteiger partial charge in [0.1, 0.15) is 12.4 Å². The van der Waals surface area contributed by atoms with E-state index < -0.39 is 17.6 Å². The first-order valence-corrected chi connectivity index (χ1v) is 7.60. The van der Waals surface area contributed by atoms with Gasteiger partial charge in [-0.15, -0.1) is 0 Å². The Labute approximate surface area is 142 Å². The van der Waals surface area contributed by atoms with E-state index in [-0.39, 0.29) is 31.3 Å². The normalized spacial score (nSPS) is 16.9. The molecule has 1 aromatic heterocycles. The molecule has 1 saturated heterocycles. The number of aromatic nitrogens is 2. The Bertz CT molecular complexity index is 817. The van der Waals surface area contributed by atoms with Crippen molar-refractivity contribution in [3.8, 4) is 0 Å². The molecule has 0 unspecified atom stereocenters. The number of hydrogen-bond donors (Lipinski definition) is 2. The van der Waals surface area contributed by atoms with Gasteiger partial charge in [0.15, 0.2) is 0 Å². The highest BCUT2D eigenvalue weighted by Crippen LogP contribution is 2.26. The second-order valence-electron chi connectivity index (χ2n) is 5.76. The predicted molar refractivity (Wildman–Crippen MR) is 86.9 cm³/mol. The summed E-state index contributed by atoms with van der Waals surface area (Å²) >= 11 is 0. The summed E-state index contributed by atoms with van der Waals surface area (Å²) in [7, 11) is 0. The first-order chi connectivity index (χ1) is 11.9. The van der Waals surface area contributed by atoms with E-state index in [9.17, 15) is 18.8 Å². The third-order valence-electron chi connectivity index (χ3n) is 3.85. The van der Waals surface area contributed by atoms with E-state index in [1.54, 1.807) is 0 Å². The monoisotopic (exact) mass is 345 g/mol. The molecule has 1 aromatic carbocycles. The van der Waals surface area contributed by atoms with E-state index in [1.165, 1.54) is 46.2 Å². The van der Waals surface area contributed by atoms with Crippen LogP contribution in [0, 0.1) is 11.7 Å². The number of rotatable bonds is 5. The Morgan fingerprint density at radius 1 is 1.32 bits per heavy atom. The van der Waals surface area contributed by atoms with Crippen molar-refractivity contribution in [2.45, 2.75) is 13.0 Å². The number of carbonyl (C=O) groups is 3. The minimum Gasteiger partial charge on any atom is -0.368 e. The first-order valence-electron chi connectivity index (χ1n) is 7.60.